The molecule has 1 amide bonds. The second kappa shape index (κ2) is 5.84. The van der Waals surface area contributed by atoms with Crippen molar-refractivity contribution < 1.29 is 14.3 Å². The van der Waals surface area contributed by atoms with E-state index in [0.29, 0.717) is 22.2 Å². The maximum atomic E-state index is 12.8. The van der Waals surface area contributed by atoms with Gasteiger partial charge in [-0.05, 0) is 30.3 Å². The molecule has 1 heterocycles. The third-order valence-corrected chi connectivity index (χ3v) is 3.39. The molecule has 0 fully saturated rings. The maximum Gasteiger partial charge on any atom is 0.286 e. The number of fused-ring (bicyclic) bond motifs is 1. The highest BCUT2D eigenvalue weighted by Gasteiger charge is 2.18. The molecule has 0 saturated carbocycles. The first-order valence-corrected chi connectivity index (χ1v) is 6.85. The Morgan fingerprint density at radius 2 is 1.70 bits per heavy atom. The van der Waals surface area contributed by atoms with E-state index in [0.717, 1.165) is 0 Å². The number of ether oxygens (including phenoxy) is 1. The van der Waals surface area contributed by atoms with Crippen LogP contribution in [0.25, 0.3) is 10.9 Å². The van der Waals surface area contributed by atoms with E-state index in [1.807, 2.05) is 0 Å². The number of hydrogen-bond donors (Lipinski definition) is 1. The molecule has 2 N–H and O–H groups in total. The van der Waals surface area contributed by atoms with Gasteiger partial charge in [-0.25, -0.2) is 9.97 Å². The Morgan fingerprint density at radius 3 is 2.35 bits per heavy atom. The first-order chi connectivity index (χ1) is 11.1. The summed E-state index contributed by atoms with van der Waals surface area (Å²) in [6.45, 7) is 0. The molecule has 0 unspecified atom stereocenters. The van der Waals surface area contributed by atoms with E-state index >= 15 is 0 Å². The molecule has 23 heavy (non-hydrogen) atoms. The topological polar surface area (TPSA) is 95.2 Å². The number of ketones is 1. The van der Waals surface area contributed by atoms with E-state index in [9.17, 15) is 9.59 Å². The number of aromatic nitrogens is 2. The molecule has 2 aromatic carbocycles. The van der Waals surface area contributed by atoms with Gasteiger partial charge in [-0.1, -0.05) is 18.2 Å². The first-order valence-electron chi connectivity index (χ1n) is 6.85. The molecular formula is C17H13N3O3. The number of hydrogen-bond acceptors (Lipinski definition) is 5. The van der Waals surface area contributed by atoms with Crippen LogP contribution >= 0.6 is 0 Å². The summed E-state index contributed by atoms with van der Waals surface area (Å²) in [5.41, 5.74) is 6.34. The van der Waals surface area contributed by atoms with Crippen molar-refractivity contribution in [2.75, 3.05) is 7.11 Å². The van der Waals surface area contributed by atoms with Crippen molar-refractivity contribution in [1.82, 2.24) is 9.97 Å². The van der Waals surface area contributed by atoms with Crippen LogP contribution in [0.5, 0.6) is 5.75 Å². The number of nitrogens with two attached hydrogens (primary N) is 1. The summed E-state index contributed by atoms with van der Waals surface area (Å²) in [5.74, 6) is -0.624. The van der Waals surface area contributed by atoms with Gasteiger partial charge >= 0.3 is 0 Å². The minimum atomic E-state index is -0.778. The second-order valence-corrected chi connectivity index (χ2v) is 4.83. The smallest absolute Gasteiger partial charge is 0.286 e. The summed E-state index contributed by atoms with van der Waals surface area (Å²) in [5, 5.41) is 0.568. The van der Waals surface area contributed by atoms with Crippen molar-refractivity contribution in [2.24, 2.45) is 5.73 Å². The quantitative estimate of drug-likeness (QED) is 0.743. The second-order valence-electron chi connectivity index (χ2n) is 4.83. The molecule has 0 aliphatic carbocycles. The van der Waals surface area contributed by atoms with Crippen molar-refractivity contribution in [3.05, 3.63) is 65.6 Å². The summed E-state index contributed by atoms with van der Waals surface area (Å²) < 4.78 is 5.08. The molecule has 6 heteroatoms. The van der Waals surface area contributed by atoms with Gasteiger partial charge < -0.3 is 10.5 Å². The Hall–Kier alpha value is -3.28. The highest BCUT2D eigenvalue weighted by molar-refractivity contribution is 6.15. The summed E-state index contributed by atoms with van der Waals surface area (Å²) in [6.07, 6.45) is 0. The molecule has 0 aliphatic rings. The summed E-state index contributed by atoms with van der Waals surface area (Å²) in [6, 6.07) is 13.6. The van der Waals surface area contributed by atoms with Gasteiger partial charge in [0.05, 0.1) is 12.6 Å². The standard InChI is InChI=1S/C17H13N3O3/c1-23-11-8-6-10(7-9-11)15(21)14-12-4-2-3-5-13(12)19-17(20-14)16(18)22/h2-9H,1H3,(H2,18,22). The van der Waals surface area contributed by atoms with Gasteiger partial charge in [0.15, 0.2) is 0 Å². The van der Waals surface area contributed by atoms with E-state index < -0.39 is 5.91 Å². The first kappa shape index (κ1) is 14.6. The minimum Gasteiger partial charge on any atom is -0.497 e. The number of benzene rings is 2. The fourth-order valence-electron chi connectivity index (χ4n) is 2.24. The Labute approximate surface area is 131 Å². The molecule has 0 aliphatic heterocycles. The van der Waals surface area contributed by atoms with Gasteiger partial charge in [-0.15, -0.1) is 0 Å². The van der Waals surface area contributed by atoms with Gasteiger partial charge in [0.25, 0.3) is 5.91 Å². The Balaban J connectivity index is 2.16. The maximum absolute atomic E-state index is 12.8. The van der Waals surface area contributed by atoms with Crippen LogP contribution in [0.15, 0.2) is 48.5 Å². The minimum absolute atomic E-state index is 0.148. The number of carbonyl (C=O) groups excluding carboxylic acids is 2. The molecule has 0 spiro atoms. The fraction of sp³-hybridized carbons (Fsp3) is 0.0588. The van der Waals surface area contributed by atoms with Crippen LogP contribution in [-0.4, -0.2) is 28.8 Å². The van der Waals surface area contributed by atoms with Crippen LogP contribution in [0.3, 0.4) is 0 Å². The van der Waals surface area contributed by atoms with Gasteiger partial charge in [-0.3, -0.25) is 9.59 Å². The molecule has 1 aromatic heterocycles. The molecular weight excluding hydrogens is 294 g/mol. The predicted molar refractivity (Wildman–Crippen MR) is 84.5 cm³/mol. The lowest BCUT2D eigenvalue weighted by molar-refractivity contribution is 0.0990. The van der Waals surface area contributed by atoms with Crippen LogP contribution in [0.2, 0.25) is 0 Å². The number of carbonyl (C=O) groups is 2. The zero-order valence-electron chi connectivity index (χ0n) is 12.3. The van der Waals surface area contributed by atoms with Gasteiger partial charge in [-0.2, -0.15) is 0 Å². The zero-order valence-corrected chi connectivity index (χ0v) is 12.3. The van der Waals surface area contributed by atoms with E-state index in [4.69, 9.17) is 10.5 Å². The van der Waals surface area contributed by atoms with Crippen LogP contribution in [0, 0.1) is 0 Å². The monoisotopic (exact) mass is 307 g/mol. The highest BCUT2D eigenvalue weighted by atomic mass is 16.5. The van der Waals surface area contributed by atoms with Crippen LogP contribution < -0.4 is 10.5 Å². The van der Waals surface area contributed by atoms with Gasteiger partial charge in [0.2, 0.25) is 11.6 Å². The van der Waals surface area contributed by atoms with E-state index in [-0.39, 0.29) is 17.3 Å². The summed E-state index contributed by atoms with van der Waals surface area (Å²) in [7, 11) is 1.55. The molecule has 0 atom stereocenters. The summed E-state index contributed by atoms with van der Waals surface area (Å²) >= 11 is 0. The van der Waals surface area contributed by atoms with Crippen LogP contribution in [0.4, 0.5) is 0 Å². The molecule has 0 radical (unpaired) electrons. The number of rotatable bonds is 4. The third kappa shape index (κ3) is 2.74. The predicted octanol–water partition coefficient (Wildman–Crippen LogP) is 1.97. The number of methoxy groups -OCH3 is 1. The molecule has 0 saturated heterocycles. The number of amides is 1. The highest BCUT2D eigenvalue weighted by Crippen LogP contribution is 2.20. The molecule has 3 aromatic rings. The van der Waals surface area contributed by atoms with Crippen LogP contribution in [0.1, 0.15) is 26.7 Å². The lowest BCUT2D eigenvalue weighted by Gasteiger charge is -2.07. The van der Waals surface area contributed by atoms with Gasteiger partial charge in [0, 0.05) is 10.9 Å². The third-order valence-electron chi connectivity index (χ3n) is 3.39. The molecule has 0 bridgehead atoms. The van der Waals surface area contributed by atoms with Crippen LogP contribution in [-0.2, 0) is 0 Å². The lowest BCUT2D eigenvalue weighted by Crippen LogP contribution is -2.18. The average Bonchev–Trinajstić information content (AvgIpc) is 2.60. The Kier molecular flexibility index (Phi) is 3.72. The largest absolute Gasteiger partial charge is 0.497 e. The lowest BCUT2D eigenvalue weighted by atomic mass is 10.0. The van der Waals surface area contributed by atoms with Crippen molar-refractivity contribution in [1.29, 1.82) is 0 Å². The SMILES string of the molecule is COc1ccc(C(=O)c2nc(C(N)=O)nc3ccccc23)cc1. The van der Waals surface area contributed by atoms with Crippen molar-refractivity contribution in [3.63, 3.8) is 0 Å². The summed E-state index contributed by atoms with van der Waals surface area (Å²) in [4.78, 5) is 32.3. The number of para-hydroxylation sites is 1. The molecule has 3 rings (SSSR count). The Bertz CT molecular complexity index is 905. The molecule has 6 nitrogen and oxygen atoms in total. The van der Waals surface area contributed by atoms with E-state index in [1.54, 1.807) is 55.6 Å². The van der Waals surface area contributed by atoms with Crippen molar-refractivity contribution >= 4 is 22.6 Å². The van der Waals surface area contributed by atoms with Crippen molar-refractivity contribution in [2.45, 2.75) is 0 Å². The number of primary amides is 1. The number of nitrogens with zero attached hydrogens (tertiary/aromatic N) is 2. The van der Waals surface area contributed by atoms with Gasteiger partial charge in [0.1, 0.15) is 11.4 Å². The van der Waals surface area contributed by atoms with E-state index in [2.05, 4.69) is 9.97 Å². The normalized spacial score (nSPS) is 10.5. The fourth-order valence-corrected chi connectivity index (χ4v) is 2.24. The zero-order chi connectivity index (χ0) is 16.4. The average molecular weight is 307 g/mol. The molecule has 114 valence electrons. The van der Waals surface area contributed by atoms with E-state index in [1.165, 1.54) is 0 Å². The Morgan fingerprint density at radius 1 is 1.00 bits per heavy atom. The van der Waals surface area contributed by atoms with Crippen molar-refractivity contribution in [3.8, 4) is 5.75 Å².